The van der Waals surface area contributed by atoms with Crippen LogP contribution in [0.5, 0.6) is 0 Å². The smallest absolute Gasteiger partial charge is 0.278 e. The van der Waals surface area contributed by atoms with Crippen LogP contribution in [0.4, 0.5) is 0 Å². The summed E-state index contributed by atoms with van der Waals surface area (Å²) in [5, 5.41) is 28.6. The number of imidazole rings is 1. The highest BCUT2D eigenvalue weighted by Crippen LogP contribution is 2.30. The van der Waals surface area contributed by atoms with Crippen LogP contribution in [0.25, 0.3) is 11.2 Å². The van der Waals surface area contributed by atoms with Crippen LogP contribution in [0, 0.1) is 0 Å². The molecule has 1 saturated heterocycles. The van der Waals surface area contributed by atoms with Gasteiger partial charge in [-0.3, -0.25) is 9.36 Å². The second kappa shape index (κ2) is 4.38. The Labute approximate surface area is 106 Å². The molecular weight excluding hydrogens is 256 g/mol. The van der Waals surface area contributed by atoms with Crippen LogP contribution in [0.1, 0.15) is 6.23 Å². The van der Waals surface area contributed by atoms with Gasteiger partial charge in [-0.15, -0.1) is 0 Å². The van der Waals surface area contributed by atoms with Crippen molar-refractivity contribution in [2.24, 2.45) is 0 Å². The van der Waals surface area contributed by atoms with E-state index in [1.165, 1.54) is 17.2 Å². The molecule has 0 aliphatic carbocycles. The van der Waals surface area contributed by atoms with Crippen molar-refractivity contribution in [1.29, 1.82) is 0 Å². The molecule has 9 nitrogen and oxygen atoms in total. The zero-order chi connectivity index (χ0) is 13.6. The second-order valence-corrected chi connectivity index (χ2v) is 4.28. The predicted octanol–water partition coefficient (Wildman–Crippen LogP) is -2.27. The van der Waals surface area contributed by atoms with Crippen LogP contribution in [-0.2, 0) is 4.74 Å². The molecule has 3 rings (SSSR count). The maximum atomic E-state index is 11.5. The summed E-state index contributed by atoms with van der Waals surface area (Å²) >= 11 is 0. The number of ether oxygens (including phenoxy) is 1. The van der Waals surface area contributed by atoms with Crippen molar-refractivity contribution in [3.05, 3.63) is 23.0 Å². The molecule has 3 heterocycles. The molecule has 1 aliphatic rings. The molecule has 2 aromatic heterocycles. The summed E-state index contributed by atoms with van der Waals surface area (Å²) in [7, 11) is 0. The Hall–Kier alpha value is -1.81. The number of hydrogen-bond acceptors (Lipinski definition) is 7. The highest BCUT2D eigenvalue weighted by molar-refractivity contribution is 5.68. The number of nitrogens with one attached hydrogen (secondary N) is 1. The Morgan fingerprint density at radius 2 is 2.16 bits per heavy atom. The number of aliphatic hydroxyl groups excluding tert-OH is 3. The van der Waals surface area contributed by atoms with Crippen LogP contribution in [0.3, 0.4) is 0 Å². The van der Waals surface area contributed by atoms with E-state index in [0.717, 1.165) is 0 Å². The molecule has 1 unspecified atom stereocenters. The molecule has 0 bridgehead atoms. The molecule has 2 aromatic rings. The highest BCUT2D eigenvalue weighted by atomic mass is 16.6. The van der Waals surface area contributed by atoms with Gasteiger partial charge < -0.3 is 25.0 Å². The van der Waals surface area contributed by atoms with Crippen molar-refractivity contribution >= 4 is 11.2 Å². The third kappa shape index (κ3) is 1.75. The summed E-state index contributed by atoms with van der Waals surface area (Å²) in [6.45, 7) is -0.421. The minimum Gasteiger partial charge on any atom is -0.394 e. The van der Waals surface area contributed by atoms with Gasteiger partial charge in [-0.25, -0.2) is 9.97 Å². The lowest BCUT2D eigenvalue weighted by Crippen LogP contribution is -2.33. The molecule has 0 amide bonds. The van der Waals surface area contributed by atoms with Gasteiger partial charge in [0.05, 0.1) is 19.3 Å². The predicted molar refractivity (Wildman–Crippen MR) is 61.2 cm³/mol. The maximum absolute atomic E-state index is 11.5. The number of H-pyrrole nitrogens is 1. The van der Waals surface area contributed by atoms with E-state index in [9.17, 15) is 15.0 Å². The SMILES string of the molecule is O=c1[nH]cnc2c1ncn2[C@@H]1O[C@H](CO)C(O)[C@@H]1O. The molecule has 102 valence electrons. The van der Waals surface area contributed by atoms with Gasteiger partial charge in [0.2, 0.25) is 0 Å². The van der Waals surface area contributed by atoms with Crippen LogP contribution in [-0.4, -0.2) is 59.8 Å². The Morgan fingerprint density at radius 1 is 1.37 bits per heavy atom. The molecule has 0 aromatic carbocycles. The fourth-order valence-corrected chi connectivity index (χ4v) is 2.16. The van der Waals surface area contributed by atoms with E-state index < -0.39 is 36.7 Å². The van der Waals surface area contributed by atoms with Crippen molar-refractivity contribution in [3.63, 3.8) is 0 Å². The van der Waals surface area contributed by atoms with Gasteiger partial charge in [0.15, 0.2) is 17.4 Å². The van der Waals surface area contributed by atoms with Crippen molar-refractivity contribution < 1.29 is 20.1 Å². The number of nitrogens with zero attached hydrogens (tertiary/aromatic N) is 3. The first-order valence-corrected chi connectivity index (χ1v) is 5.66. The van der Waals surface area contributed by atoms with Crippen LogP contribution in [0.2, 0.25) is 0 Å². The second-order valence-electron chi connectivity index (χ2n) is 4.28. The van der Waals surface area contributed by atoms with Crippen molar-refractivity contribution in [1.82, 2.24) is 19.5 Å². The third-order valence-corrected chi connectivity index (χ3v) is 3.16. The standard InChI is InChI=1S/C10H12N4O5/c15-1-4-6(16)7(17)10(19-4)14-3-13-5-8(14)11-2-12-9(5)18/h2-4,6-7,10,15-17H,1H2,(H,11,12,18)/t4-,6?,7+,10-/m1/s1. The van der Waals surface area contributed by atoms with Crippen molar-refractivity contribution in [2.45, 2.75) is 24.5 Å². The molecule has 1 fully saturated rings. The summed E-state index contributed by atoms with van der Waals surface area (Å²) in [6, 6.07) is 0. The van der Waals surface area contributed by atoms with Gasteiger partial charge in [0, 0.05) is 0 Å². The van der Waals surface area contributed by atoms with Gasteiger partial charge in [0.25, 0.3) is 5.56 Å². The third-order valence-electron chi connectivity index (χ3n) is 3.16. The minimum atomic E-state index is -1.24. The monoisotopic (exact) mass is 268 g/mol. The van der Waals surface area contributed by atoms with Gasteiger partial charge in [-0.05, 0) is 0 Å². The number of hydrogen-bond donors (Lipinski definition) is 4. The molecule has 4 N–H and O–H groups in total. The Bertz CT molecular complexity index is 653. The summed E-state index contributed by atoms with van der Waals surface area (Å²) in [6.07, 6.45) is -1.78. The quantitative estimate of drug-likeness (QED) is 0.482. The number of aromatic nitrogens is 4. The van der Waals surface area contributed by atoms with E-state index in [1.807, 2.05) is 0 Å². The normalized spacial score (nSPS) is 31.1. The molecule has 0 spiro atoms. The molecular formula is C10H12N4O5. The largest absolute Gasteiger partial charge is 0.394 e. The van der Waals surface area contributed by atoms with E-state index >= 15 is 0 Å². The molecule has 4 atom stereocenters. The minimum absolute atomic E-state index is 0.111. The summed E-state index contributed by atoms with van der Waals surface area (Å²) in [5.74, 6) is 0. The lowest BCUT2D eigenvalue weighted by Gasteiger charge is -2.16. The summed E-state index contributed by atoms with van der Waals surface area (Å²) < 4.78 is 6.70. The molecule has 19 heavy (non-hydrogen) atoms. The highest BCUT2D eigenvalue weighted by Gasteiger charge is 2.43. The molecule has 1 aliphatic heterocycles. The van der Waals surface area contributed by atoms with Gasteiger partial charge in [-0.1, -0.05) is 0 Å². The topological polar surface area (TPSA) is 133 Å². The Kier molecular flexibility index (Phi) is 2.82. The van der Waals surface area contributed by atoms with Gasteiger partial charge >= 0.3 is 0 Å². The summed E-state index contributed by atoms with van der Waals surface area (Å²) in [5.41, 5.74) is -0.0608. The van der Waals surface area contributed by atoms with E-state index in [1.54, 1.807) is 0 Å². The van der Waals surface area contributed by atoms with E-state index in [2.05, 4.69) is 15.0 Å². The molecule has 9 heteroatoms. The van der Waals surface area contributed by atoms with Crippen LogP contribution >= 0.6 is 0 Å². The average molecular weight is 268 g/mol. The fraction of sp³-hybridized carbons (Fsp3) is 0.500. The first-order chi connectivity index (χ1) is 9.13. The zero-order valence-electron chi connectivity index (χ0n) is 9.67. The van der Waals surface area contributed by atoms with Crippen LogP contribution in [0.15, 0.2) is 17.4 Å². The number of rotatable bonds is 2. The van der Waals surface area contributed by atoms with Crippen molar-refractivity contribution in [3.8, 4) is 0 Å². The first kappa shape index (κ1) is 12.2. The fourth-order valence-electron chi connectivity index (χ4n) is 2.16. The Balaban J connectivity index is 2.06. The van der Waals surface area contributed by atoms with Gasteiger partial charge in [0.1, 0.15) is 18.3 Å². The number of fused-ring (bicyclic) bond motifs is 1. The van der Waals surface area contributed by atoms with Gasteiger partial charge in [-0.2, -0.15) is 0 Å². The maximum Gasteiger partial charge on any atom is 0.278 e. The van der Waals surface area contributed by atoms with E-state index in [0.29, 0.717) is 0 Å². The van der Waals surface area contributed by atoms with Crippen LogP contribution < -0.4 is 5.56 Å². The zero-order valence-corrected chi connectivity index (χ0v) is 9.67. The number of aliphatic hydroxyl groups is 3. The lowest BCUT2D eigenvalue weighted by molar-refractivity contribution is -0.0511. The average Bonchev–Trinajstić information content (AvgIpc) is 2.94. The summed E-state index contributed by atoms with van der Waals surface area (Å²) in [4.78, 5) is 21.8. The van der Waals surface area contributed by atoms with Crippen molar-refractivity contribution in [2.75, 3.05) is 6.61 Å². The molecule has 0 radical (unpaired) electrons. The number of aromatic amines is 1. The Morgan fingerprint density at radius 3 is 2.84 bits per heavy atom. The first-order valence-electron chi connectivity index (χ1n) is 5.66. The molecule has 0 saturated carbocycles. The van der Waals surface area contributed by atoms with E-state index in [-0.39, 0.29) is 11.2 Å². The lowest BCUT2D eigenvalue weighted by atomic mass is 10.1. The van der Waals surface area contributed by atoms with E-state index in [4.69, 9.17) is 9.84 Å².